The smallest absolute Gasteiger partial charge is 1.00 e. The quantitative estimate of drug-likeness (QED) is 0.368. The van der Waals surface area contributed by atoms with E-state index in [0.29, 0.717) is 0 Å². The van der Waals surface area contributed by atoms with E-state index >= 15 is 0 Å². The second-order valence-corrected chi connectivity index (χ2v) is 1.83. The van der Waals surface area contributed by atoms with Crippen molar-refractivity contribution in [3.8, 4) is 0 Å². The van der Waals surface area contributed by atoms with E-state index in [0.717, 1.165) is 0 Å². The van der Waals surface area contributed by atoms with Crippen LogP contribution in [0.3, 0.4) is 0 Å². The Morgan fingerprint density at radius 3 is 1.11 bits per heavy atom. The molecule has 9 heavy (non-hydrogen) atoms. The molecule has 0 fully saturated rings. The number of hydrogen-bond acceptors (Lipinski definition) is 5. The van der Waals surface area contributed by atoms with Gasteiger partial charge in [0.25, 0.3) is 0 Å². The van der Waals surface area contributed by atoms with Crippen molar-refractivity contribution in [1.82, 2.24) is 0 Å². The molecule has 5 nitrogen and oxygen atoms in total. The Morgan fingerprint density at radius 2 is 1.11 bits per heavy atom. The van der Waals surface area contributed by atoms with Crippen LogP contribution in [-0.4, -0.2) is 41.3 Å². The Balaban J connectivity index is -0.0000000233. The van der Waals surface area contributed by atoms with Gasteiger partial charge in [0.15, 0.2) is 0 Å². The molecule has 0 aromatic carbocycles. The Morgan fingerprint density at radius 1 is 1.11 bits per heavy atom. The molecule has 0 bridgehead atoms. The summed E-state index contributed by atoms with van der Waals surface area (Å²) in [6, 6.07) is 0. The van der Waals surface area contributed by atoms with Crippen LogP contribution in [0.2, 0.25) is 0 Å². The third-order valence-electron chi connectivity index (χ3n) is 0. The molecule has 0 aliphatic rings. The van der Waals surface area contributed by atoms with E-state index < -0.39 is 41.3 Å². The zero-order valence-electron chi connectivity index (χ0n) is 4.86. The zero-order chi connectivity index (χ0) is 6.28. The van der Waals surface area contributed by atoms with Crippen molar-refractivity contribution < 1.29 is 119 Å². The van der Waals surface area contributed by atoms with Crippen LogP contribution in [0.5, 0.6) is 0 Å². The molecule has 0 heterocycles. The fourth-order valence-electron chi connectivity index (χ4n) is 0. The maximum Gasteiger partial charge on any atom is 1.00 e. The standard InChI is InChI=1S/2K.H2O3Te.O2Te/c;;1-4(2)3;1-3-2/h;;(H2,1,2,3);/q2*+1;;/p-2. The molecule has 0 N–H and O–H groups in total. The SMILES string of the molecule is O=[Te]([O-])[O-].O=[Te]=O.[K+].[K+]. The Bertz CT molecular complexity index is 81.0. The van der Waals surface area contributed by atoms with Gasteiger partial charge in [-0.15, -0.1) is 0 Å². The molecule has 0 amide bonds. The molecule has 44 valence electrons. The van der Waals surface area contributed by atoms with E-state index in [1.807, 2.05) is 0 Å². The first-order valence-electron chi connectivity index (χ1n) is 0.833. The fraction of sp³-hybridized carbons (Fsp3) is 0. The van der Waals surface area contributed by atoms with Crippen LogP contribution in [0.1, 0.15) is 0 Å². The molecule has 0 aliphatic carbocycles. The van der Waals surface area contributed by atoms with Crippen molar-refractivity contribution >= 4 is 41.3 Å². The maximum atomic E-state index is 8.59. The fourth-order valence-corrected chi connectivity index (χ4v) is 0. The molecule has 0 aliphatic heterocycles. The van der Waals surface area contributed by atoms with E-state index in [2.05, 4.69) is 0 Å². The van der Waals surface area contributed by atoms with Crippen molar-refractivity contribution in [3.63, 3.8) is 0 Å². The first-order chi connectivity index (χ1) is 3.15. The summed E-state index contributed by atoms with van der Waals surface area (Å²) in [6.45, 7) is 0. The zero-order valence-corrected chi connectivity index (χ0v) is 15.8. The average Bonchev–Trinajstić information content (AvgIpc) is 1.33. The number of rotatable bonds is 0. The summed E-state index contributed by atoms with van der Waals surface area (Å²) in [6.07, 6.45) is 0. The monoisotopic (exact) mass is 418 g/mol. The molecule has 0 aromatic rings. The van der Waals surface area contributed by atoms with Crippen LogP contribution in [0.4, 0.5) is 0 Å². The summed E-state index contributed by atoms with van der Waals surface area (Å²) >= 11 is -6.14. The molecule has 0 rings (SSSR count). The minimum atomic E-state index is -4.11. The number of hydrogen-bond donors (Lipinski definition) is 0. The van der Waals surface area contributed by atoms with E-state index in [1.54, 1.807) is 0 Å². The van der Waals surface area contributed by atoms with Crippen LogP contribution < -0.4 is 110 Å². The van der Waals surface area contributed by atoms with Crippen LogP contribution in [0.15, 0.2) is 0 Å². The first kappa shape index (κ1) is 23.2. The van der Waals surface area contributed by atoms with Crippen molar-refractivity contribution in [1.29, 1.82) is 0 Å². The van der Waals surface area contributed by atoms with Gasteiger partial charge in [0.1, 0.15) is 0 Å². The average molecular weight is 413 g/mol. The molecule has 0 spiro atoms. The third kappa shape index (κ3) is 72.4. The van der Waals surface area contributed by atoms with Crippen molar-refractivity contribution in [2.45, 2.75) is 0 Å². The van der Waals surface area contributed by atoms with E-state index in [4.69, 9.17) is 16.3 Å². The first-order valence-corrected chi connectivity index (χ1v) is 5.59. The van der Waals surface area contributed by atoms with Gasteiger partial charge in [-0.1, -0.05) is 0 Å². The second-order valence-electron chi connectivity index (χ2n) is 0.272. The van der Waals surface area contributed by atoms with E-state index in [-0.39, 0.29) is 103 Å². The molecular weight excluding hydrogens is 413 g/mol. The van der Waals surface area contributed by atoms with E-state index in [9.17, 15) is 0 Å². The van der Waals surface area contributed by atoms with Gasteiger partial charge in [0.05, 0.1) is 0 Å². The summed E-state index contributed by atoms with van der Waals surface area (Å²) in [4.78, 5) is 0. The summed E-state index contributed by atoms with van der Waals surface area (Å²) in [5.74, 6) is 0. The van der Waals surface area contributed by atoms with Gasteiger partial charge in [-0.3, -0.25) is 0 Å². The predicted molar refractivity (Wildman–Crippen MR) is 13.6 cm³/mol. The van der Waals surface area contributed by atoms with Gasteiger partial charge in [-0.05, 0) is 0 Å². The molecule has 0 atom stereocenters. The predicted octanol–water partition coefficient (Wildman–Crippen LogP) is -9.49. The summed E-state index contributed by atoms with van der Waals surface area (Å²) in [5, 5.41) is 0. The molecular formula is K2O5Te2. The van der Waals surface area contributed by atoms with Gasteiger partial charge in [0, 0.05) is 0 Å². The van der Waals surface area contributed by atoms with Crippen LogP contribution >= 0.6 is 0 Å². The summed E-state index contributed by atoms with van der Waals surface area (Å²) in [5.41, 5.74) is 0. The van der Waals surface area contributed by atoms with Crippen LogP contribution in [0, 0.1) is 0 Å². The summed E-state index contributed by atoms with van der Waals surface area (Å²) in [7, 11) is 0. The summed E-state index contributed by atoms with van der Waals surface area (Å²) < 4.78 is 42.8. The maximum absolute atomic E-state index is 8.59. The van der Waals surface area contributed by atoms with E-state index in [1.165, 1.54) is 0 Å². The van der Waals surface area contributed by atoms with Gasteiger partial charge in [-0.2, -0.15) is 0 Å². The molecule has 0 aromatic heterocycles. The largest absolute Gasteiger partial charge is 1.00 e. The van der Waals surface area contributed by atoms with Crippen molar-refractivity contribution in [2.75, 3.05) is 0 Å². The minimum Gasteiger partial charge on any atom is 1.00 e. The molecule has 9 heteroatoms. The van der Waals surface area contributed by atoms with Crippen LogP contribution in [0.25, 0.3) is 0 Å². The van der Waals surface area contributed by atoms with Gasteiger partial charge in [0.2, 0.25) is 0 Å². The Labute approximate surface area is 155 Å². The molecule has 0 radical (unpaired) electrons. The van der Waals surface area contributed by atoms with Crippen molar-refractivity contribution in [2.24, 2.45) is 0 Å². The molecule has 0 saturated heterocycles. The Kier molecular flexibility index (Phi) is 58.6. The third-order valence-corrected chi connectivity index (χ3v) is 0. The van der Waals surface area contributed by atoms with Crippen LogP contribution in [-0.2, 0) is 9.31 Å². The normalized spacial score (nSPS) is 5.22. The van der Waals surface area contributed by atoms with Gasteiger partial charge < -0.3 is 0 Å². The van der Waals surface area contributed by atoms with Gasteiger partial charge >= 0.3 is 160 Å². The minimum absolute atomic E-state index is 0. The van der Waals surface area contributed by atoms with Crippen molar-refractivity contribution in [3.05, 3.63) is 0 Å². The topological polar surface area (TPSA) is 97.3 Å². The molecule has 0 saturated carbocycles. The molecule has 0 unspecified atom stereocenters. The Hall–Kier alpha value is 4.17. The second kappa shape index (κ2) is 22.7. The van der Waals surface area contributed by atoms with Gasteiger partial charge in [-0.25, -0.2) is 0 Å².